The molecule has 7 nitrogen and oxygen atoms in total. The van der Waals surface area contributed by atoms with Crippen LogP contribution in [0.4, 0.5) is 5.69 Å². The van der Waals surface area contributed by atoms with Crippen LogP contribution in [-0.2, 0) is 19.9 Å². The van der Waals surface area contributed by atoms with Crippen molar-refractivity contribution < 1.29 is 21.6 Å². The maximum Gasteiger partial charge on any atom is 0.265 e. The Bertz CT molecular complexity index is 1300. The minimum absolute atomic E-state index is 0.0317. The maximum atomic E-state index is 13.9. The van der Waals surface area contributed by atoms with Crippen molar-refractivity contribution in [3.63, 3.8) is 0 Å². The van der Waals surface area contributed by atoms with Gasteiger partial charge < -0.3 is 4.74 Å². The van der Waals surface area contributed by atoms with E-state index in [1.807, 2.05) is 6.92 Å². The third kappa shape index (κ3) is 3.63. The van der Waals surface area contributed by atoms with E-state index in [1.54, 1.807) is 54.7 Å². The fourth-order valence-electron chi connectivity index (χ4n) is 3.85. The highest BCUT2D eigenvalue weighted by Gasteiger charge is 2.39. The summed E-state index contributed by atoms with van der Waals surface area (Å²) in [7, 11) is -5.83. The largest absolute Gasteiger partial charge is 0.497 e. The maximum absolute atomic E-state index is 13.9. The van der Waals surface area contributed by atoms with E-state index >= 15 is 0 Å². The standard InChI is InChI=1S/C21H22N2O5S2/c1-15-5-10-20(19-4-3-12-22-21(15)19)30(26,27)23(17-11-13-29(24,25)14-17)16-6-8-18(28-2)9-7-16/h3-10,12,17H,11,13-14H2,1-2H3. The van der Waals surface area contributed by atoms with Gasteiger partial charge in [0.25, 0.3) is 10.0 Å². The van der Waals surface area contributed by atoms with E-state index in [2.05, 4.69) is 4.98 Å². The first-order valence-electron chi connectivity index (χ1n) is 9.46. The molecule has 3 aromatic rings. The molecule has 158 valence electrons. The van der Waals surface area contributed by atoms with Crippen molar-refractivity contribution in [2.24, 2.45) is 0 Å². The minimum atomic E-state index is -4.06. The summed E-state index contributed by atoms with van der Waals surface area (Å²) in [5.74, 6) is 0.344. The number of hydrogen-bond donors (Lipinski definition) is 0. The molecule has 0 saturated carbocycles. The number of anilines is 1. The number of aromatic nitrogens is 1. The van der Waals surface area contributed by atoms with Gasteiger partial charge >= 0.3 is 0 Å². The van der Waals surface area contributed by atoms with Gasteiger partial charge in [0.15, 0.2) is 9.84 Å². The molecule has 1 saturated heterocycles. The summed E-state index contributed by atoms with van der Waals surface area (Å²) < 4.78 is 58.5. The van der Waals surface area contributed by atoms with Crippen LogP contribution in [-0.4, -0.2) is 46.5 Å². The second-order valence-electron chi connectivity index (χ2n) is 7.34. The Labute approximate surface area is 176 Å². The molecule has 1 atom stereocenters. The number of methoxy groups -OCH3 is 1. The lowest BCUT2D eigenvalue weighted by molar-refractivity contribution is 0.415. The van der Waals surface area contributed by atoms with Gasteiger partial charge in [0, 0.05) is 11.6 Å². The van der Waals surface area contributed by atoms with Gasteiger partial charge in [0.05, 0.1) is 40.8 Å². The molecule has 1 aliphatic heterocycles. The van der Waals surface area contributed by atoms with Crippen LogP contribution in [0.5, 0.6) is 5.75 Å². The summed E-state index contributed by atoms with van der Waals surface area (Å²) >= 11 is 0. The smallest absolute Gasteiger partial charge is 0.265 e. The van der Waals surface area contributed by atoms with Crippen LogP contribution >= 0.6 is 0 Å². The SMILES string of the molecule is COc1ccc(N(C2CCS(=O)(=O)C2)S(=O)(=O)c2ccc(C)c3ncccc23)cc1. The molecule has 1 fully saturated rings. The molecule has 0 aliphatic carbocycles. The predicted molar refractivity (Wildman–Crippen MR) is 116 cm³/mol. The zero-order valence-electron chi connectivity index (χ0n) is 16.6. The lowest BCUT2D eigenvalue weighted by Crippen LogP contribution is -2.41. The molecule has 9 heteroatoms. The van der Waals surface area contributed by atoms with E-state index in [1.165, 1.54) is 11.4 Å². The lowest BCUT2D eigenvalue weighted by atomic mass is 10.1. The zero-order valence-corrected chi connectivity index (χ0v) is 18.3. The van der Waals surface area contributed by atoms with E-state index in [0.717, 1.165) is 5.56 Å². The molecule has 0 radical (unpaired) electrons. The Morgan fingerprint density at radius 1 is 1.10 bits per heavy atom. The molecule has 1 unspecified atom stereocenters. The van der Waals surface area contributed by atoms with E-state index in [0.29, 0.717) is 22.3 Å². The van der Waals surface area contributed by atoms with Crippen LogP contribution < -0.4 is 9.04 Å². The van der Waals surface area contributed by atoms with Crippen LogP contribution in [0.2, 0.25) is 0 Å². The van der Waals surface area contributed by atoms with Crippen molar-refractivity contribution >= 4 is 36.5 Å². The highest BCUT2D eigenvalue weighted by Crippen LogP contribution is 2.34. The lowest BCUT2D eigenvalue weighted by Gasteiger charge is -2.30. The molecule has 0 amide bonds. The van der Waals surface area contributed by atoms with Gasteiger partial charge in [-0.15, -0.1) is 0 Å². The summed E-state index contributed by atoms with van der Waals surface area (Å²) in [5.41, 5.74) is 1.87. The fourth-order valence-corrected chi connectivity index (χ4v) is 7.51. The number of ether oxygens (including phenoxy) is 1. The molecule has 1 aromatic heterocycles. The molecule has 2 heterocycles. The van der Waals surface area contributed by atoms with Crippen molar-refractivity contribution in [3.05, 3.63) is 60.3 Å². The number of nitrogens with zero attached hydrogens (tertiary/aromatic N) is 2. The van der Waals surface area contributed by atoms with Crippen LogP contribution in [0.15, 0.2) is 59.6 Å². The monoisotopic (exact) mass is 446 g/mol. The number of hydrogen-bond acceptors (Lipinski definition) is 6. The Kier molecular flexibility index (Phi) is 5.19. The van der Waals surface area contributed by atoms with E-state index in [4.69, 9.17) is 4.74 Å². The van der Waals surface area contributed by atoms with Gasteiger partial charge in [-0.3, -0.25) is 9.29 Å². The third-order valence-corrected chi connectivity index (χ3v) is 9.02. The molecule has 2 aromatic carbocycles. The van der Waals surface area contributed by atoms with E-state index in [9.17, 15) is 16.8 Å². The normalized spacial score (nSPS) is 18.4. The molecular weight excluding hydrogens is 424 g/mol. The molecule has 1 aliphatic rings. The Morgan fingerprint density at radius 2 is 1.83 bits per heavy atom. The molecule has 0 bridgehead atoms. The summed E-state index contributed by atoms with van der Waals surface area (Å²) in [6, 6.07) is 12.6. The Morgan fingerprint density at radius 3 is 2.47 bits per heavy atom. The van der Waals surface area contributed by atoms with Gasteiger partial charge in [0.1, 0.15) is 5.75 Å². The minimum Gasteiger partial charge on any atom is -0.497 e. The number of benzene rings is 2. The Balaban J connectivity index is 1.91. The molecule has 0 spiro atoms. The summed E-state index contributed by atoms with van der Waals surface area (Å²) in [6.07, 6.45) is 1.87. The number of sulfone groups is 1. The van der Waals surface area contributed by atoms with Crippen molar-refractivity contribution in [2.75, 3.05) is 22.9 Å². The van der Waals surface area contributed by atoms with E-state index in [-0.39, 0.29) is 22.8 Å². The predicted octanol–water partition coefficient (Wildman–Crippen LogP) is 2.93. The van der Waals surface area contributed by atoms with Crippen molar-refractivity contribution in [1.82, 2.24) is 4.98 Å². The summed E-state index contributed by atoms with van der Waals surface area (Å²) in [6.45, 7) is 1.87. The first kappa shape index (κ1) is 20.6. The quantitative estimate of drug-likeness (QED) is 0.598. The second kappa shape index (κ2) is 7.55. The van der Waals surface area contributed by atoms with Gasteiger partial charge in [-0.05, 0) is 61.4 Å². The van der Waals surface area contributed by atoms with Crippen molar-refractivity contribution in [1.29, 1.82) is 0 Å². The van der Waals surface area contributed by atoms with Crippen molar-refractivity contribution in [2.45, 2.75) is 24.3 Å². The van der Waals surface area contributed by atoms with Gasteiger partial charge in [-0.1, -0.05) is 6.07 Å². The number of sulfonamides is 1. The van der Waals surface area contributed by atoms with Crippen molar-refractivity contribution in [3.8, 4) is 5.75 Å². The molecule has 4 rings (SSSR count). The third-order valence-electron chi connectivity index (χ3n) is 5.34. The van der Waals surface area contributed by atoms with Gasteiger partial charge in [-0.25, -0.2) is 16.8 Å². The number of fused-ring (bicyclic) bond motifs is 1. The highest BCUT2D eigenvalue weighted by molar-refractivity contribution is 7.93. The average Bonchev–Trinajstić information content (AvgIpc) is 3.07. The second-order valence-corrected chi connectivity index (χ2v) is 11.3. The molecular formula is C21H22N2O5S2. The molecule has 0 N–H and O–H groups in total. The van der Waals surface area contributed by atoms with Gasteiger partial charge in [0.2, 0.25) is 0 Å². The van der Waals surface area contributed by atoms with E-state index < -0.39 is 25.9 Å². The number of pyridine rings is 1. The number of aryl methyl sites for hydroxylation is 1. The Hall–Kier alpha value is -2.65. The first-order valence-corrected chi connectivity index (χ1v) is 12.7. The van der Waals surface area contributed by atoms with Crippen LogP contribution in [0.1, 0.15) is 12.0 Å². The molecule has 30 heavy (non-hydrogen) atoms. The first-order chi connectivity index (χ1) is 14.2. The van der Waals surface area contributed by atoms with Crippen LogP contribution in [0, 0.1) is 6.92 Å². The number of rotatable bonds is 5. The van der Waals surface area contributed by atoms with Gasteiger partial charge in [-0.2, -0.15) is 0 Å². The van der Waals surface area contributed by atoms with Crippen LogP contribution in [0.3, 0.4) is 0 Å². The summed E-state index contributed by atoms with van der Waals surface area (Å²) in [5, 5.41) is 0.511. The summed E-state index contributed by atoms with van der Waals surface area (Å²) in [4.78, 5) is 4.44. The average molecular weight is 447 g/mol. The van der Waals surface area contributed by atoms with Crippen LogP contribution in [0.25, 0.3) is 10.9 Å². The zero-order chi connectivity index (χ0) is 21.5. The highest BCUT2D eigenvalue weighted by atomic mass is 32.2. The topological polar surface area (TPSA) is 93.6 Å². The fraction of sp³-hybridized carbons (Fsp3) is 0.286.